The van der Waals surface area contributed by atoms with E-state index < -0.39 is 5.97 Å². The summed E-state index contributed by atoms with van der Waals surface area (Å²) in [6, 6.07) is 34.4. The average Bonchev–Trinajstić information content (AvgIpc) is 3.87. The Morgan fingerprint density at radius 2 is 1.26 bits per heavy atom. The van der Waals surface area contributed by atoms with Crippen LogP contribution in [-0.2, 0) is 21.0 Å². The van der Waals surface area contributed by atoms with Crippen LogP contribution in [0, 0.1) is 11.3 Å². The van der Waals surface area contributed by atoms with Gasteiger partial charge in [-0.15, -0.1) is 11.3 Å². The Bertz CT molecular complexity index is 2480. The molecule has 1 aliphatic carbocycles. The molecule has 0 saturated heterocycles. The molecule has 4 aromatic carbocycles. The fourth-order valence-corrected chi connectivity index (χ4v) is 10.2. The Kier molecular flexibility index (Phi) is 11.6. The number of rotatable bonds is 14. The maximum absolute atomic E-state index is 11.6. The molecule has 0 aliphatic heterocycles. The number of carboxylic acid groups (broad SMARTS) is 1. The van der Waals surface area contributed by atoms with Crippen LogP contribution in [0.3, 0.4) is 0 Å². The molecular weight excluding hydrogens is 729 g/mol. The third-order valence-electron chi connectivity index (χ3n) is 12.6. The normalized spacial score (nSPS) is 13.9. The van der Waals surface area contributed by atoms with Crippen LogP contribution in [0.15, 0.2) is 90.5 Å². The highest BCUT2D eigenvalue weighted by molar-refractivity contribution is 7.16. The van der Waals surface area contributed by atoms with Crippen molar-refractivity contribution in [2.24, 2.45) is 0 Å². The summed E-state index contributed by atoms with van der Waals surface area (Å²) < 4.78 is 2.52. The SMILES string of the molecule is CCCCCCC1(CCCCCC)c2cc(-c3ccc(/C=C(\C#N)C(=O)O)s3)ccc2-c2ccc(-n3c4ccc(C(C)(C)C)cc4c4cc(C(C)(C)C)ccc43)cc21. The average molecular weight is 789 g/mol. The number of hydrogen-bond acceptors (Lipinski definition) is 3. The number of unbranched alkanes of at least 4 members (excludes halogenated alkanes) is 6. The summed E-state index contributed by atoms with van der Waals surface area (Å²) in [5.41, 5.74) is 12.8. The van der Waals surface area contributed by atoms with Gasteiger partial charge in [-0.25, -0.2) is 4.79 Å². The summed E-state index contributed by atoms with van der Waals surface area (Å²) in [4.78, 5) is 13.5. The Hall–Kier alpha value is -4.92. The summed E-state index contributed by atoms with van der Waals surface area (Å²) in [6.07, 6.45) is 13.4. The predicted molar refractivity (Wildman–Crippen MR) is 246 cm³/mol. The van der Waals surface area contributed by atoms with E-state index in [-0.39, 0.29) is 21.8 Å². The standard InChI is InChI=1S/C53H60N2O2S/c1-9-11-13-15-27-53(28-16-14-12-10-2)45-30-35(49-26-21-40(58-49)29-36(34-54)50(56)57)17-22-41(45)42-23-20-39(33-46(42)53)55-47-24-18-37(51(3,4)5)31-43(47)44-32-38(52(6,7)8)19-25-48(44)55/h17-26,29-33H,9-16,27-28H2,1-8H3,(H,56,57)/b36-29+. The quantitative estimate of drug-likeness (QED) is 0.0679. The van der Waals surface area contributed by atoms with Crippen LogP contribution in [0.25, 0.3) is 55.1 Å². The van der Waals surface area contributed by atoms with Crippen LogP contribution in [0.1, 0.15) is 147 Å². The molecule has 6 aromatic rings. The molecule has 0 spiro atoms. The molecule has 300 valence electrons. The first-order valence-corrected chi connectivity index (χ1v) is 22.4. The number of thiophene rings is 1. The number of carboxylic acids is 1. The van der Waals surface area contributed by atoms with E-state index in [1.165, 1.54) is 130 Å². The number of fused-ring (bicyclic) bond motifs is 6. The van der Waals surface area contributed by atoms with E-state index in [1.54, 1.807) is 0 Å². The van der Waals surface area contributed by atoms with Gasteiger partial charge < -0.3 is 9.67 Å². The lowest BCUT2D eigenvalue weighted by atomic mass is 9.70. The number of nitrogens with zero attached hydrogens (tertiary/aromatic N) is 2. The topological polar surface area (TPSA) is 66.0 Å². The molecule has 0 radical (unpaired) electrons. The van der Waals surface area contributed by atoms with Crippen LogP contribution < -0.4 is 0 Å². The van der Waals surface area contributed by atoms with E-state index in [4.69, 9.17) is 0 Å². The molecule has 1 aliphatic rings. The first kappa shape index (κ1) is 41.2. The van der Waals surface area contributed by atoms with Gasteiger partial charge >= 0.3 is 5.97 Å². The van der Waals surface area contributed by atoms with E-state index in [0.29, 0.717) is 0 Å². The lowest BCUT2D eigenvalue weighted by molar-refractivity contribution is -0.132. The minimum Gasteiger partial charge on any atom is -0.477 e. The zero-order valence-corrected chi connectivity index (χ0v) is 36.7. The van der Waals surface area contributed by atoms with Crippen LogP contribution in [0.2, 0.25) is 0 Å². The van der Waals surface area contributed by atoms with Gasteiger partial charge in [-0.1, -0.05) is 137 Å². The van der Waals surface area contributed by atoms with E-state index >= 15 is 0 Å². The summed E-state index contributed by atoms with van der Waals surface area (Å²) >= 11 is 1.54. The number of aromatic nitrogens is 1. The largest absolute Gasteiger partial charge is 0.477 e. The lowest BCUT2D eigenvalue weighted by Crippen LogP contribution is -2.26. The zero-order chi connectivity index (χ0) is 41.4. The van der Waals surface area contributed by atoms with Crippen molar-refractivity contribution >= 4 is 45.2 Å². The number of nitriles is 1. The van der Waals surface area contributed by atoms with Crippen molar-refractivity contribution in [2.45, 2.75) is 136 Å². The second-order valence-electron chi connectivity index (χ2n) is 18.7. The molecule has 0 bridgehead atoms. The van der Waals surface area contributed by atoms with Gasteiger partial charge in [0.2, 0.25) is 0 Å². The lowest BCUT2D eigenvalue weighted by Gasteiger charge is -2.33. The van der Waals surface area contributed by atoms with Gasteiger partial charge in [0.15, 0.2) is 0 Å². The van der Waals surface area contributed by atoms with Crippen molar-refractivity contribution in [3.8, 4) is 33.3 Å². The van der Waals surface area contributed by atoms with Crippen LogP contribution in [0.5, 0.6) is 0 Å². The molecule has 1 N–H and O–H groups in total. The molecule has 0 fully saturated rings. The van der Waals surface area contributed by atoms with Crippen molar-refractivity contribution < 1.29 is 9.90 Å². The molecule has 7 rings (SSSR count). The molecule has 2 aromatic heterocycles. The number of aliphatic carboxylic acids is 1. The van der Waals surface area contributed by atoms with Gasteiger partial charge in [-0.05, 0) is 123 Å². The summed E-state index contributed by atoms with van der Waals surface area (Å²) in [6.45, 7) is 18.4. The smallest absolute Gasteiger partial charge is 0.346 e. The molecule has 2 heterocycles. The second-order valence-corrected chi connectivity index (χ2v) is 19.8. The van der Waals surface area contributed by atoms with E-state index in [2.05, 4.69) is 139 Å². The number of benzene rings is 4. The van der Waals surface area contributed by atoms with Crippen molar-refractivity contribution in [3.63, 3.8) is 0 Å². The maximum Gasteiger partial charge on any atom is 0.346 e. The van der Waals surface area contributed by atoms with Crippen LogP contribution >= 0.6 is 11.3 Å². The third-order valence-corrected chi connectivity index (χ3v) is 13.6. The highest BCUT2D eigenvalue weighted by Gasteiger charge is 2.43. The molecule has 5 heteroatoms. The Balaban J connectivity index is 1.43. The summed E-state index contributed by atoms with van der Waals surface area (Å²) in [5, 5.41) is 21.5. The first-order chi connectivity index (χ1) is 27.7. The minimum atomic E-state index is -1.20. The van der Waals surface area contributed by atoms with E-state index in [0.717, 1.165) is 28.2 Å². The molecular formula is C53H60N2O2S. The monoisotopic (exact) mass is 788 g/mol. The zero-order valence-electron chi connectivity index (χ0n) is 35.9. The summed E-state index contributed by atoms with van der Waals surface area (Å²) in [7, 11) is 0. The fourth-order valence-electron chi connectivity index (χ4n) is 9.25. The van der Waals surface area contributed by atoms with Crippen molar-refractivity contribution in [1.29, 1.82) is 5.26 Å². The number of hydrogen-bond donors (Lipinski definition) is 1. The van der Waals surface area contributed by atoms with Crippen molar-refractivity contribution in [1.82, 2.24) is 4.57 Å². The molecule has 58 heavy (non-hydrogen) atoms. The minimum absolute atomic E-state index is 0.0387. The van der Waals surface area contributed by atoms with Gasteiger partial charge in [0.25, 0.3) is 0 Å². The first-order valence-electron chi connectivity index (χ1n) is 21.5. The second kappa shape index (κ2) is 16.4. The van der Waals surface area contributed by atoms with Gasteiger partial charge in [-0.3, -0.25) is 0 Å². The molecule has 0 amide bonds. The highest BCUT2D eigenvalue weighted by atomic mass is 32.1. The van der Waals surface area contributed by atoms with Gasteiger partial charge in [0.1, 0.15) is 11.6 Å². The van der Waals surface area contributed by atoms with Gasteiger partial charge in [0.05, 0.1) is 11.0 Å². The summed E-state index contributed by atoms with van der Waals surface area (Å²) in [5.74, 6) is -1.20. The number of carbonyl (C=O) groups is 1. The highest BCUT2D eigenvalue weighted by Crippen LogP contribution is 2.56. The van der Waals surface area contributed by atoms with Gasteiger partial charge in [-0.2, -0.15) is 5.26 Å². The van der Waals surface area contributed by atoms with Crippen LogP contribution in [-0.4, -0.2) is 15.6 Å². The molecule has 0 unspecified atom stereocenters. The third kappa shape index (κ3) is 7.81. The molecule has 4 nitrogen and oxygen atoms in total. The fraction of sp³-hybridized carbons (Fsp3) is 0.396. The van der Waals surface area contributed by atoms with Gasteiger partial charge in [0, 0.05) is 31.6 Å². The van der Waals surface area contributed by atoms with E-state index in [9.17, 15) is 15.2 Å². The molecule has 0 atom stereocenters. The molecule has 0 saturated carbocycles. The van der Waals surface area contributed by atoms with Crippen molar-refractivity contribution in [3.05, 3.63) is 118 Å². The van der Waals surface area contributed by atoms with E-state index in [1.807, 2.05) is 12.1 Å². The van der Waals surface area contributed by atoms with Crippen LogP contribution in [0.4, 0.5) is 0 Å². The maximum atomic E-state index is 11.6. The Labute approximate surface area is 350 Å². The van der Waals surface area contributed by atoms with Crippen molar-refractivity contribution in [2.75, 3.05) is 0 Å². The Morgan fingerprint density at radius 3 is 1.78 bits per heavy atom. The predicted octanol–water partition coefficient (Wildman–Crippen LogP) is 15.3. The Morgan fingerprint density at radius 1 is 0.707 bits per heavy atom.